The van der Waals surface area contributed by atoms with Gasteiger partial charge in [0.25, 0.3) is 0 Å². The summed E-state index contributed by atoms with van der Waals surface area (Å²) in [6.45, 7) is 3.77. The third-order valence-corrected chi connectivity index (χ3v) is 4.07. The average molecular weight is 348 g/mol. The lowest BCUT2D eigenvalue weighted by atomic mass is 10.1. The highest BCUT2D eigenvalue weighted by molar-refractivity contribution is 9.10. The molecule has 1 aromatic heterocycles. The van der Waals surface area contributed by atoms with Crippen molar-refractivity contribution in [2.24, 2.45) is 0 Å². The Hall–Kier alpha value is -2.46. The van der Waals surface area contributed by atoms with E-state index in [0.717, 1.165) is 15.6 Å². The highest BCUT2D eigenvalue weighted by Gasteiger charge is 2.23. The summed E-state index contributed by atoms with van der Waals surface area (Å²) in [5.74, 6) is 0.235. The maximum Gasteiger partial charge on any atom is 0.348 e. The van der Waals surface area contributed by atoms with Gasteiger partial charge in [-0.15, -0.1) is 0 Å². The fourth-order valence-electron chi connectivity index (χ4n) is 1.85. The summed E-state index contributed by atoms with van der Waals surface area (Å²) in [6.07, 6.45) is 1.31. The molecule has 0 saturated heterocycles. The normalized spacial score (nSPS) is 10.0. The minimum Gasteiger partial charge on any atom is -0.434 e. The molecule has 0 N–H and O–H groups in total. The Bertz CT molecular complexity index is 746. The number of rotatable bonds is 3. The molecule has 0 aliphatic rings. The van der Waals surface area contributed by atoms with Crippen LogP contribution in [0.3, 0.4) is 0 Å². The van der Waals surface area contributed by atoms with Gasteiger partial charge < -0.3 is 4.74 Å². The molecule has 2 rings (SSSR count). The van der Waals surface area contributed by atoms with E-state index in [1.54, 1.807) is 18.2 Å². The van der Waals surface area contributed by atoms with Gasteiger partial charge in [-0.1, -0.05) is 15.9 Å². The predicted octanol–water partition coefficient (Wildman–Crippen LogP) is 4.03. The highest BCUT2D eigenvalue weighted by Crippen LogP contribution is 2.34. The maximum absolute atomic E-state index is 11.1. The molecule has 2 aromatic rings. The summed E-state index contributed by atoms with van der Waals surface area (Å²) in [5.41, 5.74) is 1.35. The van der Waals surface area contributed by atoms with Gasteiger partial charge in [0.2, 0.25) is 0 Å². The van der Waals surface area contributed by atoms with E-state index in [9.17, 15) is 10.1 Å². The van der Waals surface area contributed by atoms with Crippen LogP contribution in [0.5, 0.6) is 11.6 Å². The van der Waals surface area contributed by atoms with Crippen molar-refractivity contribution in [2.75, 3.05) is 0 Å². The van der Waals surface area contributed by atoms with E-state index in [1.807, 2.05) is 13.8 Å². The molecule has 0 aliphatic carbocycles. The zero-order chi connectivity index (χ0) is 15.6. The van der Waals surface area contributed by atoms with E-state index in [4.69, 9.17) is 10.00 Å². The van der Waals surface area contributed by atoms with Crippen LogP contribution in [0.15, 0.2) is 28.9 Å². The number of aryl methyl sites for hydroxylation is 2. The van der Waals surface area contributed by atoms with Crippen LogP contribution in [0.4, 0.5) is 5.69 Å². The molecular formula is C14H10BrN3O3. The molecule has 21 heavy (non-hydrogen) atoms. The third kappa shape index (κ3) is 3.01. The largest absolute Gasteiger partial charge is 0.434 e. The van der Waals surface area contributed by atoms with Crippen LogP contribution in [0.1, 0.15) is 16.7 Å². The molecule has 7 heteroatoms. The van der Waals surface area contributed by atoms with Crippen LogP contribution < -0.4 is 4.74 Å². The number of halogens is 1. The Kier molecular flexibility index (Phi) is 4.19. The van der Waals surface area contributed by atoms with Crippen LogP contribution >= 0.6 is 15.9 Å². The standard InChI is InChI=1S/C14H10BrN3O3/c1-8-5-11(6-9(2)12(8)15)21-14-13(18(19)20)10(7-16)3-4-17-14/h3-6H,1-2H3. The van der Waals surface area contributed by atoms with Crippen LogP contribution in [0.2, 0.25) is 0 Å². The minimum atomic E-state index is -0.667. The smallest absolute Gasteiger partial charge is 0.348 e. The Morgan fingerprint density at radius 1 is 1.38 bits per heavy atom. The summed E-state index contributed by atoms with van der Waals surface area (Å²) in [4.78, 5) is 14.3. The molecule has 0 atom stereocenters. The van der Waals surface area contributed by atoms with Crippen molar-refractivity contribution < 1.29 is 9.66 Å². The predicted molar refractivity (Wildman–Crippen MR) is 79.3 cm³/mol. The molecule has 0 fully saturated rings. The molecule has 0 aliphatic heterocycles. The van der Waals surface area contributed by atoms with E-state index in [1.165, 1.54) is 12.3 Å². The van der Waals surface area contributed by atoms with Crippen LogP contribution in [-0.2, 0) is 0 Å². The number of nitriles is 1. The van der Waals surface area contributed by atoms with Crippen molar-refractivity contribution in [3.8, 4) is 17.7 Å². The lowest BCUT2D eigenvalue weighted by molar-refractivity contribution is -0.386. The molecule has 6 nitrogen and oxygen atoms in total. The first-order valence-electron chi connectivity index (χ1n) is 5.92. The Morgan fingerprint density at radius 2 is 2.00 bits per heavy atom. The van der Waals surface area contributed by atoms with E-state index in [2.05, 4.69) is 20.9 Å². The lowest BCUT2D eigenvalue weighted by Crippen LogP contribution is -1.99. The Labute approximate surface area is 129 Å². The van der Waals surface area contributed by atoms with Crippen molar-refractivity contribution in [3.63, 3.8) is 0 Å². The van der Waals surface area contributed by atoms with E-state index < -0.39 is 10.6 Å². The van der Waals surface area contributed by atoms with E-state index in [-0.39, 0.29) is 11.4 Å². The van der Waals surface area contributed by atoms with Crippen molar-refractivity contribution in [3.05, 3.63) is 55.7 Å². The molecule has 106 valence electrons. The molecule has 0 bridgehead atoms. The molecular weight excluding hydrogens is 338 g/mol. The Balaban J connectivity index is 2.50. The van der Waals surface area contributed by atoms with Gasteiger partial charge in [-0.05, 0) is 43.2 Å². The van der Waals surface area contributed by atoms with Gasteiger partial charge in [-0.25, -0.2) is 4.98 Å². The molecule has 0 amide bonds. The van der Waals surface area contributed by atoms with Crippen LogP contribution in [0.25, 0.3) is 0 Å². The van der Waals surface area contributed by atoms with Gasteiger partial charge in [0.1, 0.15) is 17.4 Å². The highest BCUT2D eigenvalue weighted by atomic mass is 79.9. The number of hydrogen-bond acceptors (Lipinski definition) is 5. The van der Waals surface area contributed by atoms with E-state index >= 15 is 0 Å². The number of aromatic nitrogens is 1. The molecule has 0 spiro atoms. The van der Waals surface area contributed by atoms with Crippen molar-refractivity contribution in [1.82, 2.24) is 4.98 Å². The summed E-state index contributed by atoms with van der Waals surface area (Å²) >= 11 is 3.44. The van der Waals surface area contributed by atoms with Gasteiger partial charge in [-0.3, -0.25) is 10.1 Å². The van der Waals surface area contributed by atoms with Gasteiger partial charge in [-0.2, -0.15) is 5.26 Å². The second kappa shape index (κ2) is 5.89. The van der Waals surface area contributed by atoms with Crippen molar-refractivity contribution >= 4 is 21.6 Å². The first kappa shape index (κ1) is 14.9. The zero-order valence-corrected chi connectivity index (χ0v) is 12.8. The number of benzene rings is 1. The summed E-state index contributed by atoms with van der Waals surface area (Å²) in [5, 5.41) is 20.0. The fourth-order valence-corrected chi connectivity index (χ4v) is 2.08. The van der Waals surface area contributed by atoms with Gasteiger partial charge in [0.15, 0.2) is 0 Å². The molecule has 0 saturated carbocycles. The second-order valence-corrected chi connectivity index (χ2v) is 5.15. The lowest BCUT2D eigenvalue weighted by Gasteiger charge is -2.09. The molecule has 1 aromatic carbocycles. The molecule has 1 heterocycles. The number of ether oxygens (including phenoxy) is 1. The summed E-state index contributed by atoms with van der Waals surface area (Å²) in [7, 11) is 0. The fraction of sp³-hybridized carbons (Fsp3) is 0.143. The third-order valence-electron chi connectivity index (χ3n) is 2.82. The number of nitro groups is 1. The number of hydrogen-bond donors (Lipinski definition) is 0. The van der Waals surface area contributed by atoms with Crippen LogP contribution in [0, 0.1) is 35.3 Å². The van der Waals surface area contributed by atoms with Gasteiger partial charge >= 0.3 is 11.6 Å². The molecule has 0 unspecified atom stereocenters. The zero-order valence-electron chi connectivity index (χ0n) is 11.3. The first-order valence-corrected chi connectivity index (χ1v) is 6.71. The SMILES string of the molecule is Cc1cc(Oc2nccc(C#N)c2[N+](=O)[O-])cc(C)c1Br. The maximum atomic E-state index is 11.1. The first-order chi connectivity index (χ1) is 9.93. The topological polar surface area (TPSA) is 89.0 Å². The van der Waals surface area contributed by atoms with E-state index in [0.29, 0.717) is 5.75 Å². The van der Waals surface area contributed by atoms with Gasteiger partial charge in [0.05, 0.1) is 4.92 Å². The molecule has 0 radical (unpaired) electrons. The van der Waals surface area contributed by atoms with Crippen LogP contribution in [-0.4, -0.2) is 9.91 Å². The van der Waals surface area contributed by atoms with Gasteiger partial charge in [0, 0.05) is 10.7 Å². The summed E-state index contributed by atoms with van der Waals surface area (Å²) < 4.78 is 6.45. The quantitative estimate of drug-likeness (QED) is 0.617. The second-order valence-electron chi connectivity index (χ2n) is 4.35. The number of pyridine rings is 1. The Morgan fingerprint density at radius 3 is 2.52 bits per heavy atom. The summed E-state index contributed by atoms with van der Waals surface area (Å²) in [6, 6.07) is 6.52. The number of nitrogens with zero attached hydrogens (tertiary/aromatic N) is 3. The minimum absolute atomic E-state index is 0.0874. The van der Waals surface area contributed by atoms with Crippen molar-refractivity contribution in [1.29, 1.82) is 5.26 Å². The monoisotopic (exact) mass is 347 g/mol. The van der Waals surface area contributed by atoms with Crippen molar-refractivity contribution in [2.45, 2.75) is 13.8 Å². The average Bonchev–Trinajstić information content (AvgIpc) is 2.44.